The first-order valence-electron chi connectivity index (χ1n) is 10.2. The fourth-order valence-electron chi connectivity index (χ4n) is 3.47. The number of imidazole rings is 1. The number of aryl methyl sites for hydroxylation is 1. The van der Waals surface area contributed by atoms with Gasteiger partial charge in [-0.1, -0.05) is 6.58 Å². The van der Waals surface area contributed by atoms with Crippen LogP contribution in [0.3, 0.4) is 0 Å². The molecule has 1 fully saturated rings. The van der Waals surface area contributed by atoms with Crippen molar-refractivity contribution < 1.29 is 45.0 Å². The molecule has 35 heavy (non-hydrogen) atoms. The van der Waals surface area contributed by atoms with Crippen molar-refractivity contribution in [3.63, 3.8) is 0 Å². The van der Waals surface area contributed by atoms with Gasteiger partial charge in [0.2, 0.25) is 6.10 Å². The molecule has 1 aliphatic heterocycles. The lowest BCUT2D eigenvalue weighted by atomic mass is 10.1. The average molecular weight is 515 g/mol. The van der Waals surface area contributed by atoms with Crippen molar-refractivity contribution in [3.8, 4) is 17.0 Å². The zero-order valence-electron chi connectivity index (χ0n) is 18.0. The number of alkyl halides is 8. The number of anilines is 1. The molecule has 0 radical (unpaired) electrons. The number of hydrogen-bond donors (Lipinski definition) is 2. The Hall–Kier alpha value is -3.10. The maximum atomic E-state index is 13.4. The number of piperidine rings is 1. The lowest BCUT2D eigenvalue weighted by molar-refractivity contribution is -0.274. The second kappa shape index (κ2) is 9.51. The lowest BCUT2D eigenvalue weighted by Gasteiger charge is -2.34. The molecule has 3 heterocycles. The minimum atomic E-state index is -5.09. The van der Waals surface area contributed by atoms with E-state index in [1.165, 1.54) is 0 Å². The SMILES string of the molecule is C=C(CCn1cc(-c2cnc(N)c(OC(F)(F)F)c2)nc1[C@@H](O)C(F)(F)F)N1CCC(F)(F)CC1. The van der Waals surface area contributed by atoms with Crippen LogP contribution in [-0.2, 0) is 6.54 Å². The van der Waals surface area contributed by atoms with Crippen LogP contribution in [0.15, 0.2) is 30.7 Å². The zero-order chi connectivity index (χ0) is 26.2. The Morgan fingerprint density at radius 2 is 1.83 bits per heavy atom. The molecule has 3 N–H and O–H groups in total. The smallest absolute Gasteiger partial charge is 0.402 e. The second-order valence-electron chi connectivity index (χ2n) is 7.94. The van der Waals surface area contributed by atoms with Crippen molar-refractivity contribution in [3.05, 3.63) is 36.6 Å². The van der Waals surface area contributed by atoms with Crippen LogP contribution in [0.1, 0.15) is 31.2 Å². The molecule has 1 saturated heterocycles. The highest BCUT2D eigenvalue weighted by Gasteiger charge is 2.43. The fraction of sp³-hybridized carbons (Fsp3) is 0.500. The van der Waals surface area contributed by atoms with Crippen LogP contribution in [-0.4, -0.2) is 56.1 Å². The Labute approximate surface area is 193 Å². The summed E-state index contributed by atoms with van der Waals surface area (Å²) >= 11 is 0. The van der Waals surface area contributed by atoms with Gasteiger partial charge in [0, 0.05) is 62.6 Å². The minimum Gasteiger partial charge on any atom is -0.402 e. The summed E-state index contributed by atoms with van der Waals surface area (Å²) in [6.07, 6.45) is -11.8. The molecule has 2 aromatic heterocycles. The van der Waals surface area contributed by atoms with Gasteiger partial charge < -0.3 is 25.0 Å². The van der Waals surface area contributed by atoms with E-state index in [0.717, 1.165) is 23.0 Å². The molecule has 0 spiro atoms. The van der Waals surface area contributed by atoms with Crippen LogP contribution in [0, 0.1) is 0 Å². The Bertz CT molecular complexity index is 1060. The number of hydrogen-bond acceptors (Lipinski definition) is 6. The van der Waals surface area contributed by atoms with E-state index in [2.05, 4.69) is 21.3 Å². The van der Waals surface area contributed by atoms with E-state index in [4.69, 9.17) is 5.73 Å². The molecule has 0 amide bonds. The molecule has 2 aromatic rings. The van der Waals surface area contributed by atoms with Gasteiger partial charge >= 0.3 is 12.5 Å². The lowest BCUT2D eigenvalue weighted by Crippen LogP contribution is -2.38. The molecule has 0 bridgehead atoms. The zero-order valence-corrected chi connectivity index (χ0v) is 18.0. The fourth-order valence-corrected chi connectivity index (χ4v) is 3.47. The molecule has 0 aromatic carbocycles. The largest absolute Gasteiger partial charge is 0.573 e. The Kier molecular flexibility index (Phi) is 7.20. The molecule has 0 saturated carbocycles. The summed E-state index contributed by atoms with van der Waals surface area (Å²) in [6.45, 7) is 3.68. The first-order valence-corrected chi connectivity index (χ1v) is 10.2. The van der Waals surface area contributed by atoms with Crippen molar-refractivity contribution >= 4 is 5.82 Å². The third-order valence-corrected chi connectivity index (χ3v) is 5.35. The summed E-state index contributed by atoms with van der Waals surface area (Å²) in [4.78, 5) is 8.91. The van der Waals surface area contributed by atoms with Crippen molar-refractivity contribution in [1.29, 1.82) is 0 Å². The summed E-state index contributed by atoms with van der Waals surface area (Å²) in [5, 5.41) is 9.79. The molecular formula is C20H21F8N5O2. The van der Waals surface area contributed by atoms with Crippen LogP contribution in [0.4, 0.5) is 40.9 Å². The predicted molar refractivity (Wildman–Crippen MR) is 107 cm³/mol. The highest BCUT2D eigenvalue weighted by atomic mass is 19.4. The van der Waals surface area contributed by atoms with Crippen LogP contribution < -0.4 is 10.5 Å². The van der Waals surface area contributed by atoms with E-state index in [-0.39, 0.29) is 50.2 Å². The summed E-state index contributed by atoms with van der Waals surface area (Å²) in [5.74, 6) is -5.09. The number of allylic oxidation sites excluding steroid dienone is 1. The summed E-state index contributed by atoms with van der Waals surface area (Å²) in [7, 11) is 0. The Morgan fingerprint density at radius 3 is 2.40 bits per heavy atom. The molecule has 3 rings (SSSR count). The Balaban J connectivity index is 1.86. The number of nitrogen functional groups attached to an aromatic ring is 1. The van der Waals surface area contributed by atoms with Crippen LogP contribution in [0.5, 0.6) is 5.75 Å². The first kappa shape index (κ1) is 26.5. The number of ether oxygens (including phenoxy) is 1. The van der Waals surface area contributed by atoms with Gasteiger partial charge in [0.05, 0.1) is 5.69 Å². The van der Waals surface area contributed by atoms with E-state index < -0.39 is 42.0 Å². The Morgan fingerprint density at radius 1 is 1.20 bits per heavy atom. The number of halogens is 8. The monoisotopic (exact) mass is 515 g/mol. The number of aliphatic hydroxyl groups excluding tert-OH is 1. The van der Waals surface area contributed by atoms with Crippen LogP contribution >= 0.6 is 0 Å². The van der Waals surface area contributed by atoms with E-state index in [9.17, 15) is 40.2 Å². The van der Waals surface area contributed by atoms with E-state index in [1.54, 1.807) is 4.90 Å². The maximum Gasteiger partial charge on any atom is 0.573 e. The number of aromatic nitrogens is 3. The molecule has 0 aliphatic carbocycles. The second-order valence-corrected chi connectivity index (χ2v) is 7.94. The van der Waals surface area contributed by atoms with E-state index >= 15 is 0 Å². The number of likely N-dealkylation sites (tertiary alicyclic amines) is 1. The number of aliphatic hydroxyl groups is 1. The predicted octanol–water partition coefficient (Wildman–Crippen LogP) is 4.66. The van der Waals surface area contributed by atoms with Gasteiger partial charge in [-0.15, -0.1) is 13.2 Å². The third-order valence-electron chi connectivity index (χ3n) is 5.35. The standard InChI is InChI=1S/C20H21F8N5O2/c1-11(32-6-3-18(21,22)4-7-32)2-5-33-10-13(31-17(33)15(34)19(23,24)25)12-8-14(16(29)30-9-12)35-20(26,27)28/h8-10,15,34H,1-7H2,(H2,29,30)/t15-/m1/s1. The molecular weight excluding hydrogens is 494 g/mol. The quantitative estimate of drug-likeness (QED) is 0.522. The highest BCUT2D eigenvalue weighted by molar-refractivity contribution is 5.63. The van der Waals surface area contributed by atoms with Gasteiger partial charge in [-0.2, -0.15) is 13.2 Å². The van der Waals surface area contributed by atoms with E-state index in [0.29, 0.717) is 5.70 Å². The van der Waals surface area contributed by atoms with Gasteiger partial charge in [-0.25, -0.2) is 18.7 Å². The third kappa shape index (κ3) is 6.74. The summed E-state index contributed by atoms with van der Waals surface area (Å²) in [5.41, 5.74) is 5.39. The van der Waals surface area contributed by atoms with Gasteiger partial charge in [0.25, 0.3) is 5.92 Å². The molecule has 0 unspecified atom stereocenters. The molecule has 1 atom stereocenters. The highest BCUT2D eigenvalue weighted by Crippen LogP contribution is 2.36. The van der Waals surface area contributed by atoms with Gasteiger partial charge in [-0.05, 0) is 6.07 Å². The van der Waals surface area contributed by atoms with E-state index in [1.807, 2.05) is 0 Å². The molecule has 15 heteroatoms. The van der Waals surface area contributed by atoms with Crippen molar-refractivity contribution in [2.75, 3.05) is 18.8 Å². The molecule has 1 aliphatic rings. The van der Waals surface area contributed by atoms with Crippen molar-refractivity contribution in [2.45, 2.75) is 50.4 Å². The van der Waals surface area contributed by atoms with Gasteiger partial charge in [0.15, 0.2) is 11.6 Å². The van der Waals surface area contributed by atoms with Crippen molar-refractivity contribution in [2.24, 2.45) is 0 Å². The normalized spacial score (nSPS) is 17.3. The minimum absolute atomic E-state index is 0.0259. The number of pyridine rings is 1. The van der Waals surface area contributed by atoms with Crippen LogP contribution in [0.25, 0.3) is 11.3 Å². The molecule has 7 nitrogen and oxygen atoms in total. The number of nitrogens with two attached hydrogens (primary N) is 1. The maximum absolute atomic E-state index is 13.4. The van der Waals surface area contributed by atoms with Gasteiger partial charge in [0.1, 0.15) is 5.82 Å². The first-order chi connectivity index (χ1) is 16.1. The topological polar surface area (TPSA) is 89.4 Å². The summed E-state index contributed by atoms with van der Waals surface area (Å²) < 4.78 is 109. The summed E-state index contributed by atoms with van der Waals surface area (Å²) in [6, 6.07) is 0.805. The van der Waals surface area contributed by atoms with Crippen LogP contribution in [0.2, 0.25) is 0 Å². The number of nitrogens with zero attached hydrogens (tertiary/aromatic N) is 4. The average Bonchev–Trinajstić information content (AvgIpc) is 3.15. The van der Waals surface area contributed by atoms with Gasteiger partial charge in [-0.3, -0.25) is 0 Å². The molecule has 194 valence electrons. The number of rotatable bonds is 7. The van der Waals surface area contributed by atoms with Crippen molar-refractivity contribution in [1.82, 2.24) is 19.4 Å².